The molecule has 0 saturated heterocycles. The lowest BCUT2D eigenvalue weighted by Crippen LogP contribution is -2.34. The number of nitro benzene ring substituents is 1. The van der Waals surface area contributed by atoms with Gasteiger partial charge in [0.1, 0.15) is 16.4 Å². The van der Waals surface area contributed by atoms with Gasteiger partial charge in [-0.2, -0.15) is 0 Å². The van der Waals surface area contributed by atoms with Crippen LogP contribution >= 0.6 is 11.6 Å². The Labute approximate surface area is 171 Å². The van der Waals surface area contributed by atoms with Crippen molar-refractivity contribution in [3.05, 3.63) is 94.0 Å². The second-order valence-corrected chi connectivity index (χ2v) is 6.72. The molecule has 0 atom stereocenters. The first kappa shape index (κ1) is 18.1. The van der Waals surface area contributed by atoms with Crippen molar-refractivity contribution in [3.63, 3.8) is 0 Å². The van der Waals surface area contributed by atoms with Gasteiger partial charge in [0.25, 0.3) is 11.5 Å². The van der Waals surface area contributed by atoms with Gasteiger partial charge in [0.2, 0.25) is 0 Å². The molecule has 0 radical (unpaired) electrons. The van der Waals surface area contributed by atoms with Crippen LogP contribution in [0.15, 0.2) is 84.0 Å². The van der Waals surface area contributed by atoms with Gasteiger partial charge in [-0.25, -0.2) is 4.57 Å². The minimum Gasteiger partial charge on any atom is -0.702 e. The van der Waals surface area contributed by atoms with E-state index in [-0.39, 0.29) is 10.7 Å². The van der Waals surface area contributed by atoms with E-state index in [1.165, 1.54) is 12.1 Å². The molecule has 1 aromatic heterocycles. The molecule has 3 aromatic carbocycles. The summed E-state index contributed by atoms with van der Waals surface area (Å²) < 4.78 is 3.47. The Bertz CT molecular complexity index is 1160. The van der Waals surface area contributed by atoms with Gasteiger partial charge >= 0.3 is 0 Å². The molecule has 28 heavy (non-hydrogen) atoms. The van der Waals surface area contributed by atoms with Gasteiger partial charge in [-0.1, -0.05) is 52.7 Å². The van der Waals surface area contributed by atoms with E-state index in [0.717, 1.165) is 11.4 Å². The van der Waals surface area contributed by atoms with Crippen LogP contribution in [0.5, 0.6) is 0 Å². The molecule has 0 unspecified atom stereocenters. The number of aromatic nitrogens is 3. The molecular weight excluding hydrogens is 396 g/mol. The molecule has 0 spiro atoms. The van der Waals surface area contributed by atoms with Crippen LogP contribution in [0, 0.1) is 10.1 Å². The zero-order valence-corrected chi connectivity index (χ0v) is 16.0. The molecule has 0 aliphatic rings. The molecule has 4 aromatic rings. The second-order valence-electron chi connectivity index (χ2n) is 5.95. The lowest BCUT2D eigenvalue weighted by molar-refractivity contribution is -0.625. The predicted molar refractivity (Wildman–Crippen MR) is 108 cm³/mol. The zero-order chi connectivity index (χ0) is 19.7. The van der Waals surface area contributed by atoms with Crippen molar-refractivity contribution in [3.8, 4) is 22.8 Å². The third-order valence-electron chi connectivity index (χ3n) is 4.21. The fraction of sp³-hybridized carbons (Fsp3) is 0. The van der Waals surface area contributed by atoms with Crippen LogP contribution in [0.25, 0.3) is 22.8 Å². The fourth-order valence-corrected chi connectivity index (χ4v) is 3.43. The highest BCUT2D eigenvalue weighted by Gasteiger charge is 2.27. The van der Waals surface area contributed by atoms with Crippen LogP contribution in [-0.4, -0.2) is 14.7 Å². The van der Waals surface area contributed by atoms with E-state index in [9.17, 15) is 10.1 Å². The summed E-state index contributed by atoms with van der Waals surface area (Å²) in [6.07, 6.45) is 0. The molecule has 0 aliphatic carbocycles. The van der Waals surface area contributed by atoms with Gasteiger partial charge in [-0.3, -0.25) is 10.1 Å². The normalized spacial score (nSPS) is 10.8. The number of benzene rings is 3. The van der Waals surface area contributed by atoms with E-state index < -0.39 is 4.92 Å². The monoisotopic (exact) mass is 408 g/mol. The molecule has 6 nitrogen and oxygen atoms in total. The standard InChI is InChI=1S/C20H13ClN4O2S/c21-17-12-11-14(13-18(17)25(26)27)19-23(15-7-3-1-4-8-15)20(28)22-24(19)16-9-5-2-6-10-16/h1-13H. The highest BCUT2D eigenvalue weighted by Crippen LogP contribution is 2.30. The summed E-state index contributed by atoms with van der Waals surface area (Å²) in [6.45, 7) is 0. The van der Waals surface area contributed by atoms with Crippen LogP contribution in [0.3, 0.4) is 0 Å². The van der Waals surface area contributed by atoms with E-state index in [4.69, 9.17) is 24.2 Å². The first-order valence-electron chi connectivity index (χ1n) is 8.33. The summed E-state index contributed by atoms with van der Waals surface area (Å²) >= 11 is 11.5. The maximum absolute atomic E-state index is 11.4. The molecule has 1 heterocycles. The Morgan fingerprint density at radius 1 is 1.00 bits per heavy atom. The van der Waals surface area contributed by atoms with Crippen molar-refractivity contribution in [1.82, 2.24) is 9.78 Å². The maximum Gasteiger partial charge on any atom is 0.288 e. The second kappa shape index (κ2) is 7.38. The number of para-hydroxylation sites is 2. The molecule has 8 heteroatoms. The summed E-state index contributed by atoms with van der Waals surface area (Å²) in [7, 11) is 0. The van der Waals surface area contributed by atoms with Crippen LogP contribution in [-0.2, 0) is 12.6 Å². The summed E-state index contributed by atoms with van der Waals surface area (Å²) in [6, 6.07) is 23.6. The molecule has 0 N–H and O–H groups in total. The fourth-order valence-electron chi connectivity index (χ4n) is 2.97. The van der Waals surface area contributed by atoms with Gasteiger partial charge in [-0.15, -0.1) is 0 Å². The van der Waals surface area contributed by atoms with E-state index in [1.807, 2.05) is 60.7 Å². The van der Waals surface area contributed by atoms with Gasteiger partial charge in [0, 0.05) is 11.2 Å². The molecule has 4 rings (SSSR count). The summed E-state index contributed by atoms with van der Waals surface area (Å²) in [5.41, 5.74) is 2.00. The largest absolute Gasteiger partial charge is 0.702 e. The number of rotatable bonds is 4. The number of nitro groups is 1. The van der Waals surface area contributed by atoms with Crippen LogP contribution < -0.4 is 4.57 Å². The lowest BCUT2D eigenvalue weighted by atomic mass is 10.1. The molecule has 0 aliphatic heterocycles. The minimum atomic E-state index is -0.503. The third-order valence-corrected chi connectivity index (χ3v) is 4.79. The first-order chi connectivity index (χ1) is 13.6. The Hall–Kier alpha value is -3.29. The van der Waals surface area contributed by atoms with E-state index in [1.54, 1.807) is 15.3 Å². The zero-order valence-electron chi connectivity index (χ0n) is 14.4. The highest BCUT2D eigenvalue weighted by molar-refractivity contribution is 7.58. The van der Waals surface area contributed by atoms with Gasteiger partial charge in [-0.05, 0) is 36.4 Å². The Morgan fingerprint density at radius 3 is 2.29 bits per heavy atom. The molecule has 0 fully saturated rings. The molecule has 0 bridgehead atoms. The predicted octanol–water partition coefficient (Wildman–Crippen LogP) is 4.28. The van der Waals surface area contributed by atoms with E-state index >= 15 is 0 Å². The quantitative estimate of drug-likeness (QED) is 0.219. The van der Waals surface area contributed by atoms with Crippen LogP contribution in [0.2, 0.25) is 5.02 Å². The number of nitrogens with zero attached hydrogens (tertiary/aromatic N) is 4. The minimum absolute atomic E-state index is 0.0735. The van der Waals surface area contributed by atoms with E-state index in [0.29, 0.717) is 16.5 Å². The summed E-state index contributed by atoms with van der Waals surface area (Å²) in [5.74, 6) is 0.599. The van der Waals surface area contributed by atoms with Crippen LogP contribution in [0.4, 0.5) is 5.69 Å². The Kier molecular flexibility index (Phi) is 4.77. The number of hydrogen-bond donors (Lipinski definition) is 0. The summed E-state index contributed by atoms with van der Waals surface area (Å²) in [5, 5.41) is 16.3. The third kappa shape index (κ3) is 3.21. The number of hydrogen-bond acceptors (Lipinski definition) is 4. The topological polar surface area (TPSA) is 64.8 Å². The van der Waals surface area contributed by atoms with Gasteiger partial charge in [0.05, 0.1) is 10.5 Å². The van der Waals surface area contributed by atoms with Crippen molar-refractivity contribution in [2.75, 3.05) is 0 Å². The number of halogens is 1. The van der Waals surface area contributed by atoms with Crippen molar-refractivity contribution in [1.29, 1.82) is 0 Å². The van der Waals surface area contributed by atoms with Crippen molar-refractivity contribution in [2.45, 2.75) is 5.16 Å². The SMILES string of the molecule is O=[N+]([O-])c1cc(-c2n(-c3ccccc3)nc([S-])[n+]2-c2ccccc2)ccc1Cl. The van der Waals surface area contributed by atoms with E-state index in [2.05, 4.69) is 5.10 Å². The average Bonchev–Trinajstić information content (AvgIpc) is 3.06. The first-order valence-corrected chi connectivity index (χ1v) is 9.12. The lowest BCUT2D eigenvalue weighted by Gasteiger charge is -2.08. The maximum atomic E-state index is 11.4. The molecule has 0 saturated carbocycles. The molecular formula is C20H13ClN4O2S. The van der Waals surface area contributed by atoms with Crippen LogP contribution in [0.1, 0.15) is 0 Å². The smallest absolute Gasteiger partial charge is 0.288 e. The molecule has 138 valence electrons. The molecule has 0 amide bonds. The average molecular weight is 409 g/mol. The van der Waals surface area contributed by atoms with Gasteiger partial charge in [0.15, 0.2) is 5.16 Å². The van der Waals surface area contributed by atoms with Crippen molar-refractivity contribution in [2.24, 2.45) is 0 Å². The Balaban J connectivity index is 2.04. The summed E-state index contributed by atoms with van der Waals surface area (Å²) in [4.78, 5) is 10.9. The highest BCUT2D eigenvalue weighted by atomic mass is 35.5. The van der Waals surface area contributed by atoms with Gasteiger partial charge < -0.3 is 12.6 Å². The van der Waals surface area contributed by atoms with Crippen molar-refractivity contribution >= 4 is 29.9 Å². The van der Waals surface area contributed by atoms with Crippen molar-refractivity contribution < 1.29 is 9.49 Å². The Morgan fingerprint density at radius 2 is 1.64 bits per heavy atom.